The molecule has 5 aliphatic rings. The Morgan fingerprint density at radius 2 is 1.90 bits per heavy atom. The van der Waals surface area contributed by atoms with E-state index < -0.39 is 0 Å². The third kappa shape index (κ3) is 3.73. The van der Waals surface area contributed by atoms with Gasteiger partial charge in [-0.15, -0.1) is 0 Å². The number of hydrogen-bond donors (Lipinski definition) is 0. The summed E-state index contributed by atoms with van der Waals surface area (Å²) in [6.07, 6.45) is 5.86. The van der Waals surface area contributed by atoms with Crippen LogP contribution in [0.4, 0.5) is 4.79 Å². The summed E-state index contributed by atoms with van der Waals surface area (Å²) >= 11 is 0. The van der Waals surface area contributed by atoms with Crippen LogP contribution < -0.4 is 0 Å². The van der Waals surface area contributed by atoms with Gasteiger partial charge in [-0.1, -0.05) is 6.08 Å². The molecule has 0 N–H and O–H groups in total. The lowest BCUT2D eigenvalue weighted by Gasteiger charge is -2.38. The molecule has 5 rings (SSSR count). The molecule has 0 aromatic rings. The molecule has 0 radical (unpaired) electrons. The second-order valence-corrected chi connectivity index (χ2v) is 8.59. The fourth-order valence-corrected chi connectivity index (χ4v) is 4.61. The van der Waals surface area contributed by atoms with Crippen LogP contribution in [0.25, 0.3) is 0 Å². The molecule has 0 bridgehead atoms. The molecule has 160 valence electrons. The van der Waals surface area contributed by atoms with Gasteiger partial charge in [-0.05, 0) is 37.2 Å². The van der Waals surface area contributed by atoms with Gasteiger partial charge in [-0.3, -0.25) is 24.7 Å². The Hall–Kier alpha value is -2.71. The Morgan fingerprint density at radius 3 is 2.50 bits per heavy atom. The van der Waals surface area contributed by atoms with E-state index in [1.165, 1.54) is 24.6 Å². The van der Waals surface area contributed by atoms with E-state index in [9.17, 15) is 9.59 Å². The molecule has 1 saturated carbocycles. The van der Waals surface area contributed by atoms with Crippen molar-refractivity contribution in [2.45, 2.75) is 25.9 Å². The zero-order valence-electron chi connectivity index (χ0n) is 17.4. The molecule has 2 saturated heterocycles. The number of nitrogens with zero attached hydrogens (tertiary/aromatic N) is 6. The molecule has 2 unspecified atom stereocenters. The first-order valence-corrected chi connectivity index (χ1v) is 10.9. The number of piperazine rings is 1. The standard InChI is InChI=1S/C21H28N6O3/c1-14-10-16(15-2-3-15)11-24-19(14)25-4-6-26(7-5-25)20(28)17-12-23-18(13-22-17)27-8-9-30-21(27)29/h10,12,15-16,18H,2-9,11,13H2,1H3. The third-order valence-corrected chi connectivity index (χ3v) is 6.53. The maximum Gasteiger partial charge on any atom is 0.411 e. The predicted molar refractivity (Wildman–Crippen MR) is 113 cm³/mol. The summed E-state index contributed by atoms with van der Waals surface area (Å²) in [5.41, 5.74) is 1.64. The highest BCUT2D eigenvalue weighted by Gasteiger charge is 2.34. The Labute approximate surface area is 176 Å². The quantitative estimate of drug-likeness (QED) is 0.686. The molecule has 9 heteroatoms. The molecule has 30 heavy (non-hydrogen) atoms. The van der Waals surface area contributed by atoms with Gasteiger partial charge in [0.1, 0.15) is 24.3 Å². The summed E-state index contributed by atoms with van der Waals surface area (Å²) in [5, 5.41) is 0. The Kier molecular flexibility index (Phi) is 5.04. The number of dihydropyridines is 1. The zero-order chi connectivity index (χ0) is 20.7. The van der Waals surface area contributed by atoms with Crippen LogP contribution in [0.2, 0.25) is 0 Å². The summed E-state index contributed by atoms with van der Waals surface area (Å²) in [6.45, 7) is 7.09. The van der Waals surface area contributed by atoms with Crippen LogP contribution >= 0.6 is 0 Å². The minimum absolute atomic E-state index is 0.0903. The summed E-state index contributed by atoms with van der Waals surface area (Å²) in [7, 11) is 0. The number of carbonyl (C=O) groups excluding carboxylic acids is 2. The fourth-order valence-electron chi connectivity index (χ4n) is 4.61. The first kappa shape index (κ1) is 19.3. The van der Waals surface area contributed by atoms with Crippen LogP contribution in [0.1, 0.15) is 19.8 Å². The summed E-state index contributed by atoms with van der Waals surface area (Å²) in [5.74, 6) is 2.46. The first-order valence-electron chi connectivity index (χ1n) is 10.9. The molecule has 0 spiro atoms. The molecule has 2 atom stereocenters. The van der Waals surface area contributed by atoms with Gasteiger partial charge in [0.2, 0.25) is 0 Å². The van der Waals surface area contributed by atoms with Crippen molar-refractivity contribution in [1.29, 1.82) is 0 Å². The highest BCUT2D eigenvalue weighted by atomic mass is 16.6. The van der Waals surface area contributed by atoms with Crippen molar-refractivity contribution < 1.29 is 14.3 Å². The second kappa shape index (κ2) is 7.85. The minimum Gasteiger partial charge on any atom is -0.447 e. The van der Waals surface area contributed by atoms with Gasteiger partial charge in [0.15, 0.2) is 0 Å². The van der Waals surface area contributed by atoms with Crippen molar-refractivity contribution in [3.63, 3.8) is 0 Å². The minimum atomic E-state index is -0.369. The number of amides is 2. The molecule has 2 amide bonds. The largest absolute Gasteiger partial charge is 0.447 e. The normalized spacial score (nSPS) is 29.4. The number of cyclic esters (lactones) is 1. The van der Waals surface area contributed by atoms with E-state index in [0.717, 1.165) is 31.4 Å². The molecule has 0 aromatic heterocycles. The SMILES string of the molecule is CC1=CC(C2CC2)CN=C1N1CCN(C(=O)C2=NCC(N3CCOC3=O)N=C2)CC1. The van der Waals surface area contributed by atoms with Crippen molar-refractivity contribution in [1.82, 2.24) is 14.7 Å². The predicted octanol–water partition coefficient (Wildman–Crippen LogP) is 0.819. The molecule has 1 aliphatic carbocycles. The number of rotatable bonds is 3. The topological polar surface area (TPSA) is 90.2 Å². The average molecular weight is 412 g/mol. The van der Waals surface area contributed by atoms with Crippen molar-refractivity contribution in [3.05, 3.63) is 11.6 Å². The summed E-state index contributed by atoms with van der Waals surface area (Å²) in [6, 6.07) is 0. The van der Waals surface area contributed by atoms with E-state index in [4.69, 9.17) is 9.73 Å². The highest BCUT2D eigenvalue weighted by molar-refractivity contribution is 6.60. The van der Waals surface area contributed by atoms with Crippen molar-refractivity contribution in [2.75, 3.05) is 52.4 Å². The van der Waals surface area contributed by atoms with E-state index in [1.54, 1.807) is 4.90 Å². The monoisotopic (exact) mass is 412 g/mol. The molecule has 4 aliphatic heterocycles. The zero-order valence-corrected chi connectivity index (χ0v) is 17.4. The highest BCUT2D eigenvalue weighted by Crippen LogP contribution is 2.39. The van der Waals surface area contributed by atoms with E-state index in [-0.39, 0.29) is 18.2 Å². The van der Waals surface area contributed by atoms with Crippen LogP contribution in [0, 0.1) is 11.8 Å². The first-order chi connectivity index (χ1) is 14.6. The molecule has 9 nitrogen and oxygen atoms in total. The van der Waals surface area contributed by atoms with Gasteiger partial charge in [0, 0.05) is 32.7 Å². The van der Waals surface area contributed by atoms with Crippen LogP contribution in [0.3, 0.4) is 0 Å². The van der Waals surface area contributed by atoms with E-state index in [0.29, 0.717) is 44.4 Å². The number of carbonyl (C=O) groups is 2. The number of aliphatic imine (C=N–C) groups is 3. The summed E-state index contributed by atoms with van der Waals surface area (Å²) < 4.78 is 4.95. The maximum absolute atomic E-state index is 12.9. The lowest BCUT2D eigenvalue weighted by molar-refractivity contribution is -0.125. The fraction of sp³-hybridized carbons (Fsp3) is 0.667. The van der Waals surface area contributed by atoms with Gasteiger partial charge in [-0.25, -0.2) is 4.79 Å². The lowest BCUT2D eigenvalue weighted by atomic mass is 9.97. The van der Waals surface area contributed by atoms with Crippen molar-refractivity contribution >= 4 is 29.8 Å². The number of amidine groups is 1. The molecule has 3 fully saturated rings. The molecule has 0 aromatic carbocycles. The lowest BCUT2D eigenvalue weighted by Crippen LogP contribution is -2.53. The molecule has 4 heterocycles. The second-order valence-electron chi connectivity index (χ2n) is 8.59. The van der Waals surface area contributed by atoms with E-state index in [1.807, 2.05) is 4.90 Å². The van der Waals surface area contributed by atoms with E-state index in [2.05, 4.69) is 27.9 Å². The van der Waals surface area contributed by atoms with Crippen LogP contribution in [0.5, 0.6) is 0 Å². The van der Waals surface area contributed by atoms with Gasteiger partial charge in [-0.2, -0.15) is 0 Å². The average Bonchev–Trinajstić information content (AvgIpc) is 3.54. The van der Waals surface area contributed by atoms with E-state index >= 15 is 0 Å². The third-order valence-electron chi connectivity index (χ3n) is 6.53. The van der Waals surface area contributed by atoms with Crippen molar-refractivity contribution in [3.8, 4) is 0 Å². The van der Waals surface area contributed by atoms with Gasteiger partial charge < -0.3 is 14.5 Å². The Bertz CT molecular complexity index is 851. The van der Waals surface area contributed by atoms with Crippen LogP contribution in [-0.4, -0.2) is 103 Å². The Balaban J connectivity index is 1.14. The number of hydrogen-bond acceptors (Lipinski definition) is 7. The maximum atomic E-state index is 12.9. The van der Waals surface area contributed by atoms with Crippen LogP contribution in [-0.2, 0) is 9.53 Å². The van der Waals surface area contributed by atoms with Gasteiger partial charge in [0.05, 0.1) is 19.3 Å². The van der Waals surface area contributed by atoms with Crippen molar-refractivity contribution in [2.24, 2.45) is 26.8 Å². The summed E-state index contributed by atoms with van der Waals surface area (Å²) in [4.78, 5) is 43.8. The smallest absolute Gasteiger partial charge is 0.411 e. The van der Waals surface area contributed by atoms with Crippen LogP contribution in [0.15, 0.2) is 26.6 Å². The van der Waals surface area contributed by atoms with Gasteiger partial charge in [0.25, 0.3) is 5.91 Å². The van der Waals surface area contributed by atoms with Gasteiger partial charge >= 0.3 is 6.09 Å². The molecular weight excluding hydrogens is 384 g/mol. The molecular formula is C21H28N6O3. The number of ether oxygens (including phenoxy) is 1. The Morgan fingerprint density at radius 1 is 1.10 bits per heavy atom.